The zero-order valence-corrected chi connectivity index (χ0v) is 11.1. The Kier molecular flexibility index (Phi) is 2.51. The lowest BCUT2D eigenvalue weighted by Crippen LogP contribution is -2.17. The quantitative estimate of drug-likeness (QED) is 0.761. The van der Waals surface area contributed by atoms with Crippen molar-refractivity contribution in [3.8, 4) is 0 Å². The lowest BCUT2D eigenvalue weighted by Gasteiger charge is -2.22. The van der Waals surface area contributed by atoms with E-state index in [1.807, 2.05) is 12.1 Å². The van der Waals surface area contributed by atoms with Crippen molar-refractivity contribution in [2.75, 3.05) is 0 Å². The van der Waals surface area contributed by atoms with Crippen molar-refractivity contribution < 1.29 is 4.79 Å². The summed E-state index contributed by atoms with van der Waals surface area (Å²) in [6.45, 7) is 1.09. The Morgan fingerprint density at radius 2 is 2.16 bits per heavy atom. The predicted molar refractivity (Wildman–Crippen MR) is 76.3 cm³/mol. The Balaban J connectivity index is 1.69. The molecule has 0 amide bonds. The zero-order valence-electron chi connectivity index (χ0n) is 11.1. The van der Waals surface area contributed by atoms with Gasteiger partial charge in [-0.2, -0.15) is 0 Å². The Labute approximate surface area is 113 Å². The number of rotatable bonds is 3. The van der Waals surface area contributed by atoms with Crippen LogP contribution in [0.1, 0.15) is 36.0 Å². The van der Waals surface area contributed by atoms with E-state index in [2.05, 4.69) is 22.9 Å². The number of benzene rings is 1. The molecule has 3 atom stereocenters. The van der Waals surface area contributed by atoms with Crippen molar-refractivity contribution in [2.24, 2.45) is 17.8 Å². The maximum absolute atomic E-state index is 11.2. The van der Waals surface area contributed by atoms with E-state index in [9.17, 15) is 4.79 Å². The average Bonchev–Trinajstić information content (AvgIpc) is 3.14. The van der Waals surface area contributed by atoms with Gasteiger partial charge in [0.25, 0.3) is 0 Å². The predicted octanol–water partition coefficient (Wildman–Crippen LogP) is 3.89. The van der Waals surface area contributed by atoms with Gasteiger partial charge in [-0.3, -0.25) is 4.79 Å². The molecule has 0 aliphatic heterocycles. The van der Waals surface area contributed by atoms with E-state index >= 15 is 0 Å². The second-order valence-corrected chi connectivity index (χ2v) is 6.31. The molecule has 1 aromatic heterocycles. The van der Waals surface area contributed by atoms with Crippen LogP contribution in [0.3, 0.4) is 0 Å². The van der Waals surface area contributed by atoms with Crippen molar-refractivity contribution >= 4 is 17.2 Å². The van der Waals surface area contributed by atoms with Crippen molar-refractivity contribution in [1.82, 2.24) is 4.57 Å². The number of hydrogen-bond acceptors (Lipinski definition) is 1. The number of para-hydroxylation sites is 1. The molecule has 2 aliphatic carbocycles. The molecule has 4 rings (SSSR count). The van der Waals surface area contributed by atoms with E-state index < -0.39 is 0 Å². The van der Waals surface area contributed by atoms with Gasteiger partial charge in [-0.05, 0) is 49.1 Å². The molecule has 0 spiro atoms. The van der Waals surface area contributed by atoms with Crippen LogP contribution in [0.4, 0.5) is 0 Å². The van der Waals surface area contributed by atoms with Gasteiger partial charge in [0.15, 0.2) is 6.29 Å². The molecule has 0 saturated heterocycles. The standard InChI is InChI=1S/C17H19NO/c19-11-15-3-1-2-13-6-7-18(17(13)15)10-16-9-12-4-5-14(16)8-12/h1-3,6-7,11-12,14,16H,4-5,8-10H2. The van der Waals surface area contributed by atoms with Gasteiger partial charge in [-0.25, -0.2) is 0 Å². The highest BCUT2D eigenvalue weighted by atomic mass is 16.1. The molecule has 2 fully saturated rings. The molecule has 1 aromatic carbocycles. The molecule has 0 N–H and O–H groups in total. The molecule has 98 valence electrons. The van der Waals surface area contributed by atoms with Gasteiger partial charge in [-0.15, -0.1) is 0 Å². The van der Waals surface area contributed by atoms with Crippen molar-refractivity contribution in [2.45, 2.75) is 32.2 Å². The minimum Gasteiger partial charge on any atom is -0.347 e. The first-order valence-electron chi connectivity index (χ1n) is 7.38. The van der Waals surface area contributed by atoms with Crippen LogP contribution in [0.25, 0.3) is 10.9 Å². The first kappa shape index (κ1) is 11.3. The molecule has 2 heteroatoms. The molecule has 19 heavy (non-hydrogen) atoms. The maximum Gasteiger partial charge on any atom is 0.152 e. The largest absolute Gasteiger partial charge is 0.347 e. The van der Waals surface area contributed by atoms with Crippen LogP contribution in [0, 0.1) is 17.8 Å². The van der Waals surface area contributed by atoms with E-state index in [0.717, 1.165) is 41.7 Å². The summed E-state index contributed by atoms with van der Waals surface area (Å²) in [7, 11) is 0. The first-order valence-corrected chi connectivity index (χ1v) is 7.38. The van der Waals surface area contributed by atoms with Gasteiger partial charge in [0, 0.05) is 23.7 Å². The van der Waals surface area contributed by atoms with Gasteiger partial charge in [0.1, 0.15) is 0 Å². The Morgan fingerprint density at radius 1 is 1.21 bits per heavy atom. The van der Waals surface area contributed by atoms with E-state index in [0.29, 0.717) is 0 Å². The van der Waals surface area contributed by atoms with E-state index in [-0.39, 0.29) is 0 Å². The van der Waals surface area contributed by atoms with Crippen LogP contribution in [0.15, 0.2) is 30.5 Å². The summed E-state index contributed by atoms with van der Waals surface area (Å²) < 4.78 is 2.31. The number of carbonyl (C=O) groups excluding carboxylic acids is 1. The minimum atomic E-state index is 0.825. The molecule has 1 heterocycles. The van der Waals surface area contributed by atoms with E-state index in [1.54, 1.807) is 0 Å². The molecule has 0 radical (unpaired) electrons. The van der Waals surface area contributed by atoms with E-state index in [4.69, 9.17) is 0 Å². The molecule has 2 nitrogen and oxygen atoms in total. The SMILES string of the molecule is O=Cc1cccc2ccn(CC3CC4CCC3C4)c12. The fraction of sp³-hybridized carbons (Fsp3) is 0.471. The van der Waals surface area contributed by atoms with Gasteiger partial charge >= 0.3 is 0 Å². The topological polar surface area (TPSA) is 22.0 Å². The summed E-state index contributed by atoms with van der Waals surface area (Å²) in [5, 5.41) is 1.19. The minimum absolute atomic E-state index is 0.825. The molecule has 3 unspecified atom stereocenters. The van der Waals surface area contributed by atoms with Crippen LogP contribution in [0.2, 0.25) is 0 Å². The highest BCUT2D eigenvalue weighted by Gasteiger charge is 2.39. The Morgan fingerprint density at radius 3 is 2.89 bits per heavy atom. The number of hydrogen-bond donors (Lipinski definition) is 0. The lowest BCUT2D eigenvalue weighted by molar-refractivity contribution is 0.112. The Bertz CT molecular complexity index is 627. The third-order valence-corrected chi connectivity index (χ3v) is 5.26. The number of nitrogens with zero attached hydrogens (tertiary/aromatic N) is 1. The summed E-state index contributed by atoms with van der Waals surface area (Å²) in [4.78, 5) is 11.2. The van der Waals surface area contributed by atoms with Crippen LogP contribution >= 0.6 is 0 Å². The monoisotopic (exact) mass is 253 g/mol. The number of aromatic nitrogens is 1. The number of carbonyl (C=O) groups is 1. The van der Waals surface area contributed by atoms with E-state index in [1.165, 1.54) is 31.1 Å². The van der Waals surface area contributed by atoms with Gasteiger partial charge in [-0.1, -0.05) is 18.6 Å². The normalized spacial score (nSPS) is 29.2. The average molecular weight is 253 g/mol. The molecule has 2 bridgehead atoms. The highest BCUT2D eigenvalue weighted by Crippen LogP contribution is 2.49. The number of aldehydes is 1. The van der Waals surface area contributed by atoms with Crippen LogP contribution in [-0.2, 0) is 6.54 Å². The summed E-state index contributed by atoms with van der Waals surface area (Å²) in [5.74, 6) is 2.75. The van der Waals surface area contributed by atoms with Gasteiger partial charge < -0.3 is 4.57 Å². The third-order valence-electron chi connectivity index (χ3n) is 5.26. The van der Waals surface area contributed by atoms with Crippen molar-refractivity contribution in [3.05, 3.63) is 36.0 Å². The molecular formula is C17H19NO. The molecular weight excluding hydrogens is 234 g/mol. The first-order chi connectivity index (χ1) is 9.35. The lowest BCUT2D eigenvalue weighted by atomic mass is 9.89. The zero-order chi connectivity index (χ0) is 12.8. The van der Waals surface area contributed by atoms with Crippen LogP contribution in [0.5, 0.6) is 0 Å². The smallest absolute Gasteiger partial charge is 0.152 e. The second-order valence-electron chi connectivity index (χ2n) is 6.31. The van der Waals surface area contributed by atoms with Crippen LogP contribution in [-0.4, -0.2) is 10.9 Å². The van der Waals surface area contributed by atoms with Gasteiger partial charge in [0.2, 0.25) is 0 Å². The summed E-state index contributed by atoms with van der Waals surface area (Å²) >= 11 is 0. The molecule has 2 aliphatic rings. The third kappa shape index (κ3) is 1.73. The highest BCUT2D eigenvalue weighted by molar-refractivity contribution is 5.96. The Hall–Kier alpha value is -1.57. The fourth-order valence-electron chi connectivity index (χ4n) is 4.39. The number of fused-ring (bicyclic) bond motifs is 3. The van der Waals surface area contributed by atoms with Crippen molar-refractivity contribution in [1.29, 1.82) is 0 Å². The van der Waals surface area contributed by atoms with Crippen molar-refractivity contribution in [3.63, 3.8) is 0 Å². The second kappa shape index (κ2) is 4.22. The van der Waals surface area contributed by atoms with Crippen LogP contribution < -0.4 is 0 Å². The summed E-state index contributed by atoms with van der Waals surface area (Å²) in [5.41, 5.74) is 1.95. The molecule has 2 aromatic rings. The summed E-state index contributed by atoms with van der Waals surface area (Å²) in [6.07, 6.45) is 8.86. The fourth-order valence-corrected chi connectivity index (χ4v) is 4.39. The van der Waals surface area contributed by atoms with Gasteiger partial charge in [0.05, 0.1) is 5.52 Å². The summed E-state index contributed by atoms with van der Waals surface area (Å²) in [6, 6.07) is 8.12. The maximum atomic E-state index is 11.2. The molecule has 2 saturated carbocycles.